The lowest BCUT2D eigenvalue weighted by Crippen LogP contribution is -2.19. The second kappa shape index (κ2) is 3.29. The molecular formula is C9H13NO2. The van der Waals surface area contributed by atoms with Gasteiger partial charge in [0.25, 0.3) is 0 Å². The molecule has 12 heavy (non-hydrogen) atoms. The molecule has 3 heteroatoms. The van der Waals surface area contributed by atoms with Crippen molar-refractivity contribution >= 4 is 0 Å². The third kappa shape index (κ3) is 1.52. The van der Waals surface area contributed by atoms with Crippen molar-refractivity contribution in [1.82, 2.24) is 5.32 Å². The van der Waals surface area contributed by atoms with Gasteiger partial charge >= 0.3 is 0 Å². The van der Waals surface area contributed by atoms with Gasteiger partial charge in [-0.1, -0.05) is 0 Å². The molecule has 0 aromatic carbocycles. The van der Waals surface area contributed by atoms with Gasteiger partial charge in [-0.25, -0.2) is 0 Å². The van der Waals surface area contributed by atoms with Crippen LogP contribution < -0.4 is 5.32 Å². The summed E-state index contributed by atoms with van der Waals surface area (Å²) in [6, 6.07) is 3.83. The van der Waals surface area contributed by atoms with Gasteiger partial charge in [-0.05, 0) is 12.1 Å². The number of aliphatic hydroxyl groups excluding tert-OH is 1. The van der Waals surface area contributed by atoms with Crippen LogP contribution in [0.15, 0.2) is 22.8 Å². The lowest BCUT2D eigenvalue weighted by molar-refractivity contribution is 0.144. The quantitative estimate of drug-likeness (QED) is 0.670. The van der Waals surface area contributed by atoms with Gasteiger partial charge in [-0.2, -0.15) is 0 Å². The Bertz CT molecular complexity index is 233. The van der Waals surface area contributed by atoms with E-state index < -0.39 is 0 Å². The molecule has 1 aromatic heterocycles. The van der Waals surface area contributed by atoms with Crippen LogP contribution in [-0.4, -0.2) is 24.3 Å². The number of aliphatic hydroxyl groups is 1. The SMILES string of the molecule is O[C@@H]1CNC[C@H]1Cc1ccco1. The largest absolute Gasteiger partial charge is 0.469 e. The Kier molecular flexibility index (Phi) is 2.15. The summed E-state index contributed by atoms with van der Waals surface area (Å²) >= 11 is 0. The first-order valence-corrected chi connectivity index (χ1v) is 4.27. The summed E-state index contributed by atoms with van der Waals surface area (Å²) in [5.41, 5.74) is 0. The normalized spacial score (nSPS) is 29.4. The molecule has 0 saturated carbocycles. The molecule has 1 fully saturated rings. The van der Waals surface area contributed by atoms with Crippen molar-refractivity contribution < 1.29 is 9.52 Å². The van der Waals surface area contributed by atoms with E-state index in [0.717, 1.165) is 18.7 Å². The number of hydrogen-bond acceptors (Lipinski definition) is 3. The molecule has 2 rings (SSSR count). The van der Waals surface area contributed by atoms with Crippen molar-refractivity contribution in [2.24, 2.45) is 5.92 Å². The first kappa shape index (κ1) is 7.83. The van der Waals surface area contributed by atoms with Gasteiger partial charge in [-0.15, -0.1) is 0 Å². The molecule has 2 N–H and O–H groups in total. The van der Waals surface area contributed by atoms with E-state index in [4.69, 9.17) is 4.42 Å². The van der Waals surface area contributed by atoms with Gasteiger partial charge < -0.3 is 14.8 Å². The summed E-state index contributed by atoms with van der Waals surface area (Å²) in [6.07, 6.45) is 2.29. The Balaban J connectivity index is 1.95. The second-order valence-electron chi connectivity index (χ2n) is 3.27. The fraction of sp³-hybridized carbons (Fsp3) is 0.556. The maximum absolute atomic E-state index is 9.48. The van der Waals surface area contributed by atoms with Crippen molar-refractivity contribution in [3.05, 3.63) is 24.2 Å². The van der Waals surface area contributed by atoms with Crippen LogP contribution in [0.5, 0.6) is 0 Å². The highest BCUT2D eigenvalue weighted by Crippen LogP contribution is 2.15. The predicted molar refractivity (Wildman–Crippen MR) is 44.8 cm³/mol. The molecule has 3 nitrogen and oxygen atoms in total. The number of nitrogens with one attached hydrogen (secondary N) is 1. The third-order valence-corrected chi connectivity index (χ3v) is 2.35. The van der Waals surface area contributed by atoms with Gasteiger partial charge in [-0.3, -0.25) is 0 Å². The molecular weight excluding hydrogens is 154 g/mol. The number of hydrogen-bond donors (Lipinski definition) is 2. The lowest BCUT2D eigenvalue weighted by atomic mass is 10.0. The van der Waals surface area contributed by atoms with Crippen LogP contribution >= 0.6 is 0 Å². The Morgan fingerprint density at radius 1 is 1.58 bits per heavy atom. The maximum atomic E-state index is 9.48. The Labute approximate surface area is 71.4 Å². The molecule has 0 aliphatic carbocycles. The van der Waals surface area contributed by atoms with E-state index in [-0.39, 0.29) is 6.10 Å². The molecule has 1 aliphatic heterocycles. The summed E-state index contributed by atoms with van der Waals surface area (Å²) < 4.78 is 5.20. The van der Waals surface area contributed by atoms with Crippen LogP contribution in [0.1, 0.15) is 5.76 Å². The zero-order valence-corrected chi connectivity index (χ0v) is 6.86. The Morgan fingerprint density at radius 2 is 2.50 bits per heavy atom. The van der Waals surface area contributed by atoms with Crippen LogP contribution in [0, 0.1) is 5.92 Å². The van der Waals surface area contributed by atoms with Gasteiger partial charge in [0.05, 0.1) is 12.4 Å². The molecule has 1 saturated heterocycles. The van der Waals surface area contributed by atoms with E-state index in [1.165, 1.54) is 0 Å². The Morgan fingerprint density at radius 3 is 3.08 bits per heavy atom. The van der Waals surface area contributed by atoms with Crippen molar-refractivity contribution in [1.29, 1.82) is 0 Å². The minimum absolute atomic E-state index is 0.213. The standard InChI is InChI=1S/C9H13NO2/c11-9-6-10-5-7(9)4-8-2-1-3-12-8/h1-3,7,9-11H,4-6H2/t7-,9-/m1/s1. The van der Waals surface area contributed by atoms with Crippen molar-refractivity contribution in [2.45, 2.75) is 12.5 Å². The lowest BCUT2D eigenvalue weighted by Gasteiger charge is -2.10. The smallest absolute Gasteiger partial charge is 0.104 e. The van der Waals surface area contributed by atoms with E-state index in [1.54, 1.807) is 6.26 Å². The van der Waals surface area contributed by atoms with Gasteiger partial charge in [0.15, 0.2) is 0 Å². The predicted octanol–water partition coefficient (Wildman–Crippen LogP) is 0.402. The van der Waals surface area contributed by atoms with E-state index in [1.807, 2.05) is 12.1 Å². The molecule has 66 valence electrons. The molecule has 0 bridgehead atoms. The van der Waals surface area contributed by atoms with E-state index in [9.17, 15) is 5.11 Å². The minimum atomic E-state index is -0.213. The summed E-state index contributed by atoms with van der Waals surface area (Å²) in [4.78, 5) is 0. The number of rotatable bonds is 2. The highest BCUT2D eigenvalue weighted by molar-refractivity contribution is 5.01. The maximum Gasteiger partial charge on any atom is 0.104 e. The highest BCUT2D eigenvalue weighted by atomic mass is 16.3. The van der Waals surface area contributed by atoms with Gasteiger partial charge in [0.1, 0.15) is 5.76 Å². The Hall–Kier alpha value is -0.800. The molecule has 0 amide bonds. The summed E-state index contributed by atoms with van der Waals surface area (Å²) in [5.74, 6) is 1.28. The fourth-order valence-electron chi connectivity index (χ4n) is 1.61. The second-order valence-corrected chi connectivity index (χ2v) is 3.27. The summed E-state index contributed by atoms with van der Waals surface area (Å²) in [7, 11) is 0. The van der Waals surface area contributed by atoms with Crippen LogP contribution in [0.2, 0.25) is 0 Å². The number of furan rings is 1. The average Bonchev–Trinajstić information content (AvgIpc) is 2.65. The minimum Gasteiger partial charge on any atom is -0.469 e. The zero-order valence-electron chi connectivity index (χ0n) is 6.86. The zero-order chi connectivity index (χ0) is 8.39. The topological polar surface area (TPSA) is 45.4 Å². The first-order valence-electron chi connectivity index (χ1n) is 4.27. The van der Waals surface area contributed by atoms with Crippen molar-refractivity contribution in [3.63, 3.8) is 0 Å². The van der Waals surface area contributed by atoms with Crippen LogP contribution in [0.25, 0.3) is 0 Å². The first-order chi connectivity index (χ1) is 5.86. The van der Waals surface area contributed by atoms with Crippen LogP contribution in [0.3, 0.4) is 0 Å². The molecule has 2 heterocycles. The number of β-amino-alcohol motifs (C(OH)–C–C–N with tert-alkyl or cyclic N) is 1. The molecule has 0 unspecified atom stereocenters. The molecule has 1 aliphatic rings. The van der Waals surface area contributed by atoms with Crippen molar-refractivity contribution in [2.75, 3.05) is 13.1 Å². The van der Waals surface area contributed by atoms with Crippen molar-refractivity contribution in [3.8, 4) is 0 Å². The van der Waals surface area contributed by atoms with E-state index in [2.05, 4.69) is 5.32 Å². The monoisotopic (exact) mass is 167 g/mol. The van der Waals surface area contributed by atoms with E-state index in [0.29, 0.717) is 12.5 Å². The van der Waals surface area contributed by atoms with Gasteiger partial charge in [0.2, 0.25) is 0 Å². The summed E-state index contributed by atoms with van der Waals surface area (Å²) in [5, 5.41) is 12.6. The van der Waals surface area contributed by atoms with Crippen LogP contribution in [0.4, 0.5) is 0 Å². The highest BCUT2D eigenvalue weighted by Gasteiger charge is 2.25. The molecule has 0 spiro atoms. The van der Waals surface area contributed by atoms with Gasteiger partial charge in [0, 0.05) is 25.4 Å². The third-order valence-electron chi connectivity index (χ3n) is 2.35. The fourth-order valence-corrected chi connectivity index (χ4v) is 1.61. The van der Waals surface area contributed by atoms with Crippen LogP contribution in [-0.2, 0) is 6.42 Å². The molecule has 2 atom stereocenters. The summed E-state index contributed by atoms with van der Waals surface area (Å²) in [6.45, 7) is 1.60. The van der Waals surface area contributed by atoms with E-state index >= 15 is 0 Å². The molecule has 1 aromatic rings. The molecule has 0 radical (unpaired) electrons. The average molecular weight is 167 g/mol.